The van der Waals surface area contributed by atoms with Gasteiger partial charge >= 0.3 is 5.97 Å². The Morgan fingerprint density at radius 1 is 1.16 bits per heavy atom. The third-order valence-corrected chi connectivity index (χ3v) is 10.6. The number of benzene rings is 2. The summed E-state index contributed by atoms with van der Waals surface area (Å²) in [5, 5.41) is 14.1. The minimum Gasteiger partial charge on any atom is -0.463 e. The lowest BCUT2D eigenvalue weighted by Gasteiger charge is -2.41. The molecule has 0 radical (unpaired) electrons. The highest BCUT2D eigenvalue weighted by molar-refractivity contribution is 6.34. The van der Waals surface area contributed by atoms with E-state index in [0.29, 0.717) is 36.4 Å². The fourth-order valence-electron chi connectivity index (χ4n) is 7.74. The lowest BCUT2D eigenvalue weighted by Crippen LogP contribution is -2.60. The zero-order valence-corrected chi connectivity index (χ0v) is 28.9. The Labute approximate surface area is 293 Å². The first-order valence-corrected chi connectivity index (χ1v) is 17.4. The molecule has 10 nitrogen and oxygen atoms in total. The van der Waals surface area contributed by atoms with Crippen LogP contribution in [0.4, 0.5) is 5.69 Å². The molecule has 11 heteroatoms. The highest BCUT2D eigenvalue weighted by Crippen LogP contribution is 2.59. The molecule has 1 spiro atoms. The summed E-state index contributed by atoms with van der Waals surface area (Å²) < 4.78 is 12.2. The Morgan fingerprint density at radius 2 is 1.88 bits per heavy atom. The maximum absolute atomic E-state index is 14.9. The fraction of sp³-hybridized carbons (Fsp3) is 0.474. The van der Waals surface area contributed by atoms with Gasteiger partial charge < -0.3 is 29.7 Å². The minimum atomic E-state index is -1.30. The molecule has 2 bridgehead atoms. The van der Waals surface area contributed by atoms with Crippen molar-refractivity contribution in [1.82, 2.24) is 10.2 Å². The van der Waals surface area contributed by atoms with Crippen molar-refractivity contribution in [2.24, 2.45) is 17.8 Å². The number of esters is 1. The molecule has 3 amide bonds. The number of nitrogens with zero attached hydrogens (tertiary/aromatic N) is 2. The Morgan fingerprint density at radius 3 is 2.53 bits per heavy atom. The number of amides is 3. The summed E-state index contributed by atoms with van der Waals surface area (Å²) in [5.41, 5.74) is -0.113. The number of aliphatic hydroxyl groups excluding tert-OH is 1. The van der Waals surface area contributed by atoms with E-state index in [1.165, 1.54) is 9.80 Å². The van der Waals surface area contributed by atoms with Crippen molar-refractivity contribution >= 4 is 41.0 Å². The van der Waals surface area contributed by atoms with Gasteiger partial charge in [-0.2, -0.15) is 0 Å². The number of carbonyl (C=O) groups is 4. The lowest BCUT2D eigenvalue weighted by atomic mass is 9.70. The highest BCUT2D eigenvalue weighted by atomic mass is 35.5. The van der Waals surface area contributed by atoms with E-state index in [0.717, 1.165) is 5.56 Å². The monoisotopic (exact) mass is 691 g/mol. The van der Waals surface area contributed by atoms with Crippen LogP contribution in [0.2, 0.25) is 5.02 Å². The zero-order valence-electron chi connectivity index (χ0n) is 28.1. The molecule has 3 fully saturated rings. The summed E-state index contributed by atoms with van der Waals surface area (Å²) in [6.45, 7) is 11.0. The molecule has 2 aromatic rings. The number of likely N-dealkylation sites (tertiary alicyclic amines) is 1. The number of anilines is 1. The number of fused-ring (bicyclic) bond motifs is 1. The largest absolute Gasteiger partial charge is 0.463 e. The summed E-state index contributed by atoms with van der Waals surface area (Å²) >= 11 is 6.59. The summed E-state index contributed by atoms with van der Waals surface area (Å²) in [5.74, 6) is -3.69. The van der Waals surface area contributed by atoms with Gasteiger partial charge in [0.2, 0.25) is 11.8 Å². The Hall–Kier alpha value is -3.99. The second-order valence-corrected chi connectivity index (χ2v) is 13.5. The maximum Gasteiger partial charge on any atom is 0.306 e. The predicted molar refractivity (Wildman–Crippen MR) is 186 cm³/mol. The molecule has 3 aliphatic heterocycles. The third-order valence-electron chi connectivity index (χ3n) is 10.3. The minimum absolute atomic E-state index is 0.101. The van der Waals surface area contributed by atoms with Crippen molar-refractivity contribution in [3.63, 3.8) is 0 Å². The van der Waals surface area contributed by atoms with Crippen LogP contribution in [-0.2, 0) is 28.7 Å². The van der Waals surface area contributed by atoms with Gasteiger partial charge in [0, 0.05) is 13.0 Å². The van der Waals surface area contributed by atoms with E-state index < -0.39 is 65.4 Å². The second kappa shape index (κ2) is 15.7. The molecule has 2 N–H and O–H groups in total. The molecular formula is C38H46ClN3O7. The van der Waals surface area contributed by atoms with Crippen LogP contribution < -0.4 is 10.2 Å². The van der Waals surface area contributed by atoms with E-state index in [9.17, 15) is 24.3 Å². The first kappa shape index (κ1) is 36.3. The summed E-state index contributed by atoms with van der Waals surface area (Å²) in [6, 6.07) is 13.6. The zero-order chi connectivity index (χ0) is 35.3. The van der Waals surface area contributed by atoms with Crippen LogP contribution in [0.25, 0.3) is 0 Å². The van der Waals surface area contributed by atoms with Crippen molar-refractivity contribution in [1.29, 1.82) is 0 Å². The molecule has 49 heavy (non-hydrogen) atoms. The van der Waals surface area contributed by atoms with Crippen molar-refractivity contribution < 1.29 is 33.8 Å². The first-order chi connectivity index (χ1) is 23.6. The Bertz CT molecular complexity index is 1550. The number of halogens is 1. The Kier molecular flexibility index (Phi) is 11.6. The van der Waals surface area contributed by atoms with Gasteiger partial charge in [-0.25, -0.2) is 0 Å². The molecule has 0 aliphatic carbocycles. The molecule has 0 saturated carbocycles. The molecule has 3 aliphatic rings. The van der Waals surface area contributed by atoms with Crippen LogP contribution in [0.15, 0.2) is 79.9 Å². The van der Waals surface area contributed by atoms with Crippen LogP contribution in [0.5, 0.6) is 0 Å². The van der Waals surface area contributed by atoms with Crippen molar-refractivity contribution in [2.75, 3.05) is 24.7 Å². The average molecular weight is 692 g/mol. The number of rotatable bonds is 16. The summed E-state index contributed by atoms with van der Waals surface area (Å²) in [7, 11) is 0. The van der Waals surface area contributed by atoms with E-state index in [-0.39, 0.29) is 32.1 Å². The van der Waals surface area contributed by atoms with Gasteiger partial charge in [-0.3, -0.25) is 19.2 Å². The maximum atomic E-state index is 14.9. The van der Waals surface area contributed by atoms with Crippen LogP contribution in [0.3, 0.4) is 0 Å². The van der Waals surface area contributed by atoms with E-state index in [1.807, 2.05) is 44.2 Å². The molecule has 0 aromatic heterocycles. The van der Waals surface area contributed by atoms with Gasteiger partial charge in [-0.05, 0) is 42.9 Å². The number of carbonyl (C=O) groups excluding carboxylic acids is 4. The van der Waals surface area contributed by atoms with Crippen molar-refractivity contribution in [2.45, 2.75) is 75.8 Å². The van der Waals surface area contributed by atoms with Crippen LogP contribution in [0.1, 0.15) is 57.6 Å². The highest BCUT2D eigenvalue weighted by Gasteiger charge is 2.75. The molecule has 262 valence electrons. The number of aliphatic hydroxyl groups is 1. The molecule has 8 atom stereocenters. The van der Waals surface area contributed by atoms with Gasteiger partial charge in [0.1, 0.15) is 18.2 Å². The molecule has 3 saturated heterocycles. The summed E-state index contributed by atoms with van der Waals surface area (Å²) in [4.78, 5) is 59.3. The number of ether oxygens (including phenoxy) is 2. The summed E-state index contributed by atoms with van der Waals surface area (Å²) in [6.07, 6.45) is 4.75. The molecular weight excluding hydrogens is 646 g/mol. The lowest BCUT2D eigenvalue weighted by molar-refractivity contribution is -0.147. The predicted octanol–water partition coefficient (Wildman–Crippen LogP) is 5.01. The number of nitrogens with one attached hydrogen (secondary N) is 1. The molecule has 5 rings (SSSR count). The van der Waals surface area contributed by atoms with Crippen molar-refractivity contribution in [3.05, 3.63) is 90.5 Å². The molecule has 0 unspecified atom stereocenters. The van der Waals surface area contributed by atoms with Crippen LogP contribution >= 0.6 is 11.6 Å². The van der Waals surface area contributed by atoms with E-state index in [2.05, 4.69) is 18.5 Å². The number of hydrogen-bond acceptors (Lipinski definition) is 7. The topological polar surface area (TPSA) is 125 Å². The normalized spacial score (nSPS) is 25.6. The second-order valence-electron chi connectivity index (χ2n) is 13.1. The number of allylic oxidation sites excluding steroid dienone is 1. The van der Waals surface area contributed by atoms with E-state index in [4.69, 9.17) is 21.1 Å². The smallest absolute Gasteiger partial charge is 0.306 e. The van der Waals surface area contributed by atoms with Crippen LogP contribution in [0, 0.1) is 17.8 Å². The number of hydrogen-bond donors (Lipinski definition) is 2. The SMILES string of the molecule is C=CCCC(=O)OC[C@H](NC(=O)[C@@H]1[C@@H]2CC[C@]3(O2)[C@H](C(=O)N(CC=C)c2ccccc2Cl)N([C@@H](CO)[C@@H](C)CC)C(=O)[C@@H]13)c1ccccc1. The molecule has 2 aromatic carbocycles. The molecule has 3 heterocycles. The van der Waals surface area contributed by atoms with Gasteiger partial charge in [0.05, 0.1) is 47.3 Å². The van der Waals surface area contributed by atoms with Crippen molar-refractivity contribution in [3.8, 4) is 0 Å². The quantitative estimate of drug-likeness (QED) is 0.187. The first-order valence-electron chi connectivity index (χ1n) is 17.0. The number of para-hydroxylation sites is 1. The average Bonchev–Trinajstić information content (AvgIpc) is 3.76. The standard InChI is InChI=1S/C38H46ClN3O7/c1-5-8-18-31(44)48-23-27(25-14-10-9-11-15-25)40-35(45)32-30-19-20-38(49-30)33(32)36(46)42(29(22-43)24(4)7-3)34(38)37(47)41(21-6-2)28-17-13-12-16-26(28)39/h5-6,9-17,24,27,29-30,32-34,43H,1-2,7-8,18-23H2,3-4H3,(H,40,45)/t24-,27-,29-,30-,32+,33+,34-,38+/m0/s1. The third kappa shape index (κ3) is 6.91. The van der Waals surface area contributed by atoms with E-state index in [1.54, 1.807) is 36.4 Å². The Balaban J connectivity index is 1.51. The van der Waals surface area contributed by atoms with Gasteiger partial charge in [0.15, 0.2) is 0 Å². The van der Waals surface area contributed by atoms with Gasteiger partial charge in [-0.1, -0.05) is 86.5 Å². The fourth-order valence-corrected chi connectivity index (χ4v) is 7.98. The van der Waals surface area contributed by atoms with Gasteiger partial charge in [0.25, 0.3) is 5.91 Å². The van der Waals surface area contributed by atoms with Crippen LogP contribution in [-0.4, -0.2) is 77.2 Å². The van der Waals surface area contributed by atoms with Gasteiger partial charge in [-0.15, -0.1) is 13.2 Å². The van der Waals surface area contributed by atoms with E-state index >= 15 is 0 Å².